The minimum absolute atomic E-state index is 0.134. The molecule has 1 aliphatic heterocycles. The van der Waals surface area contributed by atoms with Crippen LogP contribution in [0.25, 0.3) is 0 Å². The van der Waals surface area contributed by atoms with Crippen molar-refractivity contribution in [3.05, 3.63) is 27.7 Å². The summed E-state index contributed by atoms with van der Waals surface area (Å²) in [4.78, 5) is 0. The van der Waals surface area contributed by atoms with Gasteiger partial charge >= 0.3 is 0 Å². The van der Waals surface area contributed by atoms with E-state index in [1.165, 1.54) is 0 Å². The Morgan fingerprint density at radius 1 is 1.43 bits per heavy atom. The molecule has 1 aliphatic rings. The molecule has 0 bridgehead atoms. The molecule has 3 nitrogen and oxygen atoms in total. The number of aliphatic hydroxyl groups is 1. The van der Waals surface area contributed by atoms with E-state index in [4.69, 9.17) is 14.6 Å². The monoisotopic (exact) mass is 258 g/mol. The Morgan fingerprint density at radius 3 is 3.07 bits per heavy atom. The Bertz CT molecular complexity index is 338. The number of rotatable bonds is 2. The van der Waals surface area contributed by atoms with E-state index in [0.29, 0.717) is 19.8 Å². The number of aliphatic hydroxyl groups excluding tert-OH is 1. The number of benzene rings is 1. The van der Waals surface area contributed by atoms with Gasteiger partial charge in [-0.3, -0.25) is 0 Å². The summed E-state index contributed by atoms with van der Waals surface area (Å²) in [6, 6.07) is 3.86. The summed E-state index contributed by atoms with van der Waals surface area (Å²) in [6.07, 6.45) is 0.622. The van der Waals surface area contributed by atoms with Crippen molar-refractivity contribution in [3.8, 4) is 5.75 Å². The summed E-state index contributed by atoms with van der Waals surface area (Å²) in [5, 5.41) is 8.94. The van der Waals surface area contributed by atoms with Crippen LogP contribution in [0.2, 0.25) is 0 Å². The van der Waals surface area contributed by atoms with Crippen LogP contribution >= 0.6 is 15.9 Å². The average molecular weight is 259 g/mol. The van der Waals surface area contributed by atoms with Crippen molar-refractivity contribution >= 4 is 15.9 Å². The molecule has 76 valence electrons. The number of hydrogen-bond donors (Lipinski definition) is 1. The van der Waals surface area contributed by atoms with Crippen molar-refractivity contribution in [2.75, 3.05) is 13.4 Å². The number of ether oxygens (including phenoxy) is 2. The molecular formula is C10H11BrO3. The van der Waals surface area contributed by atoms with Gasteiger partial charge in [-0.05, 0) is 24.1 Å². The van der Waals surface area contributed by atoms with E-state index in [2.05, 4.69) is 15.9 Å². The van der Waals surface area contributed by atoms with Crippen molar-refractivity contribution in [2.24, 2.45) is 0 Å². The van der Waals surface area contributed by atoms with Crippen LogP contribution in [0.5, 0.6) is 5.75 Å². The van der Waals surface area contributed by atoms with Gasteiger partial charge in [-0.25, -0.2) is 0 Å². The Kier molecular flexibility index (Phi) is 3.05. The summed E-state index contributed by atoms with van der Waals surface area (Å²) >= 11 is 3.45. The maximum atomic E-state index is 8.94. The molecule has 0 spiro atoms. The molecule has 2 rings (SSSR count). The molecule has 0 aliphatic carbocycles. The fourth-order valence-corrected chi connectivity index (χ4v) is 2.14. The fraction of sp³-hybridized carbons (Fsp3) is 0.400. The van der Waals surface area contributed by atoms with Crippen LogP contribution < -0.4 is 4.74 Å². The van der Waals surface area contributed by atoms with Gasteiger partial charge in [-0.15, -0.1) is 0 Å². The molecule has 1 N–H and O–H groups in total. The quantitative estimate of drug-likeness (QED) is 0.880. The zero-order valence-corrected chi connectivity index (χ0v) is 9.21. The first-order valence-electron chi connectivity index (χ1n) is 4.44. The second-order valence-electron chi connectivity index (χ2n) is 3.09. The summed E-state index contributed by atoms with van der Waals surface area (Å²) < 4.78 is 11.6. The van der Waals surface area contributed by atoms with Crippen LogP contribution in [0.4, 0.5) is 0 Å². The topological polar surface area (TPSA) is 38.7 Å². The molecule has 0 fully saturated rings. The SMILES string of the molecule is OCCc1c(Br)ccc2c1COCO2. The van der Waals surface area contributed by atoms with Gasteiger partial charge in [0.1, 0.15) is 5.75 Å². The Labute approximate surface area is 90.8 Å². The second-order valence-corrected chi connectivity index (χ2v) is 3.94. The maximum absolute atomic E-state index is 8.94. The third kappa shape index (κ3) is 1.78. The van der Waals surface area contributed by atoms with E-state index in [-0.39, 0.29) is 6.61 Å². The molecule has 0 saturated heterocycles. The van der Waals surface area contributed by atoms with Crippen LogP contribution in [0.15, 0.2) is 16.6 Å². The first-order chi connectivity index (χ1) is 6.83. The summed E-state index contributed by atoms with van der Waals surface area (Å²) in [5.74, 6) is 0.864. The molecule has 1 aromatic rings. The molecule has 0 amide bonds. The second kappa shape index (κ2) is 4.29. The van der Waals surface area contributed by atoms with Gasteiger partial charge in [0.25, 0.3) is 0 Å². The van der Waals surface area contributed by atoms with Crippen LogP contribution in [-0.4, -0.2) is 18.5 Å². The highest BCUT2D eigenvalue weighted by Gasteiger charge is 2.16. The largest absolute Gasteiger partial charge is 0.467 e. The van der Waals surface area contributed by atoms with Crippen LogP contribution in [-0.2, 0) is 17.8 Å². The van der Waals surface area contributed by atoms with E-state index in [9.17, 15) is 0 Å². The van der Waals surface area contributed by atoms with Crippen molar-refractivity contribution in [1.29, 1.82) is 0 Å². The zero-order valence-electron chi connectivity index (χ0n) is 7.62. The molecule has 1 heterocycles. The lowest BCUT2D eigenvalue weighted by Crippen LogP contribution is -2.14. The third-order valence-electron chi connectivity index (χ3n) is 2.24. The summed E-state index contributed by atoms with van der Waals surface area (Å²) in [5.41, 5.74) is 2.12. The average Bonchev–Trinajstić information content (AvgIpc) is 2.23. The lowest BCUT2D eigenvalue weighted by atomic mass is 10.0. The molecule has 0 atom stereocenters. The van der Waals surface area contributed by atoms with E-state index >= 15 is 0 Å². The molecule has 4 heteroatoms. The van der Waals surface area contributed by atoms with E-state index in [1.807, 2.05) is 12.1 Å². The first-order valence-corrected chi connectivity index (χ1v) is 5.24. The maximum Gasteiger partial charge on any atom is 0.189 e. The highest BCUT2D eigenvalue weighted by molar-refractivity contribution is 9.10. The number of hydrogen-bond acceptors (Lipinski definition) is 3. The fourth-order valence-electron chi connectivity index (χ4n) is 1.57. The molecule has 0 radical (unpaired) electrons. The summed E-state index contributed by atoms with van der Waals surface area (Å²) in [7, 11) is 0. The van der Waals surface area contributed by atoms with Gasteiger partial charge in [0, 0.05) is 16.6 Å². The van der Waals surface area contributed by atoms with Gasteiger partial charge < -0.3 is 14.6 Å². The van der Waals surface area contributed by atoms with E-state index in [0.717, 1.165) is 21.3 Å². The van der Waals surface area contributed by atoms with Crippen LogP contribution in [0, 0.1) is 0 Å². The molecule has 0 saturated carbocycles. The number of halogens is 1. The van der Waals surface area contributed by atoms with Gasteiger partial charge in [-0.1, -0.05) is 15.9 Å². The molecule has 0 aromatic heterocycles. The minimum atomic E-state index is 0.134. The molecule has 14 heavy (non-hydrogen) atoms. The Balaban J connectivity index is 2.43. The standard InChI is InChI=1S/C10H11BrO3/c11-9-1-2-10-8(5-13-6-14-10)7(9)3-4-12/h1-2,12H,3-6H2. The highest BCUT2D eigenvalue weighted by atomic mass is 79.9. The highest BCUT2D eigenvalue weighted by Crippen LogP contribution is 2.32. The number of fused-ring (bicyclic) bond motifs is 1. The van der Waals surface area contributed by atoms with E-state index in [1.54, 1.807) is 0 Å². The van der Waals surface area contributed by atoms with Gasteiger partial charge in [0.15, 0.2) is 6.79 Å². The van der Waals surface area contributed by atoms with Crippen LogP contribution in [0.1, 0.15) is 11.1 Å². The van der Waals surface area contributed by atoms with Gasteiger partial charge in [0.05, 0.1) is 6.61 Å². The third-order valence-corrected chi connectivity index (χ3v) is 2.98. The molecular weight excluding hydrogens is 248 g/mol. The molecule has 0 unspecified atom stereocenters. The Morgan fingerprint density at radius 2 is 2.29 bits per heavy atom. The van der Waals surface area contributed by atoms with Gasteiger partial charge in [0.2, 0.25) is 0 Å². The Hall–Kier alpha value is -0.580. The van der Waals surface area contributed by atoms with Crippen LogP contribution in [0.3, 0.4) is 0 Å². The van der Waals surface area contributed by atoms with Gasteiger partial charge in [-0.2, -0.15) is 0 Å². The summed E-state index contributed by atoms with van der Waals surface area (Å²) in [6.45, 7) is 1.01. The van der Waals surface area contributed by atoms with Crippen molar-refractivity contribution in [2.45, 2.75) is 13.0 Å². The lowest BCUT2D eigenvalue weighted by Gasteiger charge is -2.21. The minimum Gasteiger partial charge on any atom is -0.467 e. The lowest BCUT2D eigenvalue weighted by molar-refractivity contribution is -0.0169. The van der Waals surface area contributed by atoms with E-state index < -0.39 is 0 Å². The molecule has 1 aromatic carbocycles. The van der Waals surface area contributed by atoms with Crippen molar-refractivity contribution in [1.82, 2.24) is 0 Å². The smallest absolute Gasteiger partial charge is 0.189 e. The first kappa shape index (κ1) is 9.96. The predicted molar refractivity (Wildman–Crippen MR) is 55.2 cm³/mol. The zero-order chi connectivity index (χ0) is 9.97. The van der Waals surface area contributed by atoms with Crippen molar-refractivity contribution in [3.63, 3.8) is 0 Å². The van der Waals surface area contributed by atoms with Crippen molar-refractivity contribution < 1.29 is 14.6 Å². The normalized spacial score (nSPS) is 14.7. The predicted octanol–water partition coefficient (Wildman–Crippen LogP) is 1.85.